The maximum atomic E-state index is 13.2. The first kappa shape index (κ1) is 14.9. The molecule has 106 valence electrons. The number of halogens is 2. The van der Waals surface area contributed by atoms with E-state index in [1.807, 2.05) is 6.07 Å². The third-order valence-corrected chi connectivity index (χ3v) is 4.35. The molecular formula is C15H22BrFN2. The summed E-state index contributed by atoms with van der Waals surface area (Å²) in [6, 6.07) is 5.22. The lowest BCUT2D eigenvalue weighted by molar-refractivity contribution is 0.113. The Morgan fingerprint density at radius 1 is 1.47 bits per heavy atom. The van der Waals surface area contributed by atoms with Crippen molar-refractivity contribution >= 4 is 15.9 Å². The van der Waals surface area contributed by atoms with Gasteiger partial charge in [-0.25, -0.2) is 4.39 Å². The van der Waals surface area contributed by atoms with Crippen LogP contribution in [0.2, 0.25) is 0 Å². The Labute approximate surface area is 123 Å². The fourth-order valence-electron chi connectivity index (χ4n) is 2.94. The molecule has 2 atom stereocenters. The van der Waals surface area contributed by atoms with Crippen LogP contribution in [-0.2, 0) is 0 Å². The van der Waals surface area contributed by atoms with E-state index in [4.69, 9.17) is 5.73 Å². The summed E-state index contributed by atoms with van der Waals surface area (Å²) < 4.78 is 14.1. The van der Waals surface area contributed by atoms with Gasteiger partial charge in [0.05, 0.1) is 6.04 Å². The number of hydrogen-bond donors (Lipinski definition) is 1. The zero-order chi connectivity index (χ0) is 14.0. The third kappa shape index (κ3) is 3.56. The second kappa shape index (κ2) is 6.33. The topological polar surface area (TPSA) is 29.3 Å². The molecule has 2 N–H and O–H groups in total. The predicted octanol–water partition coefficient (Wildman–Crippen LogP) is 3.71. The molecule has 2 nitrogen and oxygen atoms in total. The molecule has 0 spiro atoms. The van der Waals surface area contributed by atoms with Crippen molar-refractivity contribution in [2.75, 3.05) is 13.1 Å². The van der Waals surface area contributed by atoms with Crippen molar-refractivity contribution < 1.29 is 4.39 Å². The highest BCUT2D eigenvalue weighted by molar-refractivity contribution is 9.10. The van der Waals surface area contributed by atoms with Gasteiger partial charge < -0.3 is 5.73 Å². The summed E-state index contributed by atoms with van der Waals surface area (Å²) in [5.41, 5.74) is 7.43. The van der Waals surface area contributed by atoms with Gasteiger partial charge in [0.25, 0.3) is 0 Å². The number of nitrogens with zero attached hydrogens (tertiary/aromatic N) is 1. The SMILES string of the molecule is CC(C)CN1CCCC(N)C1c1ccc(F)cc1Br. The van der Waals surface area contributed by atoms with Crippen LogP contribution in [-0.4, -0.2) is 24.0 Å². The highest BCUT2D eigenvalue weighted by atomic mass is 79.9. The number of nitrogens with two attached hydrogens (primary N) is 1. The summed E-state index contributed by atoms with van der Waals surface area (Å²) in [5, 5.41) is 0. The van der Waals surface area contributed by atoms with Crippen molar-refractivity contribution in [3.63, 3.8) is 0 Å². The van der Waals surface area contributed by atoms with E-state index < -0.39 is 0 Å². The van der Waals surface area contributed by atoms with Crippen LogP contribution in [0.1, 0.15) is 38.3 Å². The van der Waals surface area contributed by atoms with E-state index in [2.05, 4.69) is 34.7 Å². The normalized spacial score (nSPS) is 24.9. The molecule has 2 unspecified atom stereocenters. The van der Waals surface area contributed by atoms with Crippen LogP contribution in [0.4, 0.5) is 4.39 Å². The minimum Gasteiger partial charge on any atom is -0.326 e. The van der Waals surface area contributed by atoms with E-state index in [0.29, 0.717) is 5.92 Å². The van der Waals surface area contributed by atoms with Crippen LogP contribution in [0.3, 0.4) is 0 Å². The van der Waals surface area contributed by atoms with Crippen LogP contribution in [0.15, 0.2) is 22.7 Å². The van der Waals surface area contributed by atoms with Crippen molar-refractivity contribution in [3.05, 3.63) is 34.1 Å². The van der Waals surface area contributed by atoms with Gasteiger partial charge in [0.2, 0.25) is 0 Å². The quantitative estimate of drug-likeness (QED) is 0.916. The average Bonchev–Trinajstić information content (AvgIpc) is 2.30. The lowest BCUT2D eigenvalue weighted by Gasteiger charge is -2.41. The molecule has 19 heavy (non-hydrogen) atoms. The number of piperidine rings is 1. The monoisotopic (exact) mass is 328 g/mol. The Balaban J connectivity index is 2.30. The first-order valence-electron chi connectivity index (χ1n) is 6.93. The van der Waals surface area contributed by atoms with E-state index in [9.17, 15) is 4.39 Å². The van der Waals surface area contributed by atoms with Gasteiger partial charge in [-0.1, -0.05) is 35.8 Å². The summed E-state index contributed by atoms with van der Waals surface area (Å²) >= 11 is 3.48. The van der Waals surface area contributed by atoms with Gasteiger partial charge in [0, 0.05) is 17.1 Å². The fraction of sp³-hybridized carbons (Fsp3) is 0.600. The summed E-state index contributed by atoms with van der Waals surface area (Å²) in [6.07, 6.45) is 2.17. The van der Waals surface area contributed by atoms with Crippen molar-refractivity contribution in [3.8, 4) is 0 Å². The summed E-state index contributed by atoms with van der Waals surface area (Å²) in [7, 11) is 0. The summed E-state index contributed by atoms with van der Waals surface area (Å²) in [4.78, 5) is 2.44. The number of rotatable bonds is 3. The molecule has 0 radical (unpaired) electrons. The molecule has 1 aromatic rings. The van der Waals surface area contributed by atoms with Crippen LogP contribution >= 0.6 is 15.9 Å². The van der Waals surface area contributed by atoms with E-state index in [1.54, 1.807) is 0 Å². The first-order chi connectivity index (χ1) is 8.99. The van der Waals surface area contributed by atoms with Crippen LogP contribution in [0.25, 0.3) is 0 Å². The molecule has 1 aliphatic heterocycles. The van der Waals surface area contributed by atoms with Crippen LogP contribution in [0.5, 0.6) is 0 Å². The molecule has 1 saturated heterocycles. The molecule has 4 heteroatoms. The third-order valence-electron chi connectivity index (χ3n) is 3.66. The van der Waals surface area contributed by atoms with E-state index in [-0.39, 0.29) is 17.9 Å². The minimum absolute atomic E-state index is 0.120. The average molecular weight is 329 g/mol. The van der Waals surface area contributed by atoms with Gasteiger partial charge >= 0.3 is 0 Å². The van der Waals surface area contributed by atoms with Crippen molar-refractivity contribution in [2.45, 2.75) is 38.8 Å². The molecule has 0 amide bonds. The molecule has 1 heterocycles. The smallest absolute Gasteiger partial charge is 0.124 e. The molecule has 1 aliphatic rings. The van der Waals surface area contributed by atoms with Gasteiger partial charge in [0.15, 0.2) is 0 Å². The zero-order valence-corrected chi connectivity index (χ0v) is 13.2. The zero-order valence-electron chi connectivity index (χ0n) is 11.6. The summed E-state index contributed by atoms with van der Waals surface area (Å²) in [6.45, 7) is 6.54. The lowest BCUT2D eigenvalue weighted by atomic mass is 9.90. The maximum absolute atomic E-state index is 13.2. The Kier molecular flexibility index (Phi) is 4.98. The van der Waals surface area contributed by atoms with Gasteiger partial charge in [-0.15, -0.1) is 0 Å². The molecule has 0 saturated carbocycles. The van der Waals surface area contributed by atoms with E-state index in [0.717, 1.165) is 36.0 Å². The first-order valence-corrected chi connectivity index (χ1v) is 7.73. The maximum Gasteiger partial charge on any atom is 0.124 e. The Bertz CT molecular complexity index is 436. The van der Waals surface area contributed by atoms with Gasteiger partial charge in [-0.05, 0) is 43.0 Å². The fourth-order valence-corrected chi connectivity index (χ4v) is 3.53. The van der Waals surface area contributed by atoms with Crippen molar-refractivity contribution in [2.24, 2.45) is 11.7 Å². The highest BCUT2D eigenvalue weighted by Gasteiger charge is 2.31. The van der Waals surface area contributed by atoms with Crippen LogP contribution < -0.4 is 5.73 Å². The van der Waals surface area contributed by atoms with E-state index >= 15 is 0 Å². The highest BCUT2D eigenvalue weighted by Crippen LogP contribution is 2.35. The lowest BCUT2D eigenvalue weighted by Crippen LogP contribution is -2.47. The minimum atomic E-state index is -0.213. The van der Waals surface area contributed by atoms with Crippen LogP contribution in [0, 0.1) is 11.7 Å². The van der Waals surface area contributed by atoms with Gasteiger partial charge in [-0.3, -0.25) is 4.90 Å². The molecule has 0 bridgehead atoms. The van der Waals surface area contributed by atoms with Gasteiger partial charge in [0.1, 0.15) is 5.82 Å². The summed E-state index contributed by atoms with van der Waals surface area (Å²) in [5.74, 6) is 0.391. The standard InChI is InChI=1S/C15H22BrFN2/c1-10(2)9-19-7-3-4-14(18)15(19)12-6-5-11(17)8-13(12)16/h5-6,8,10,14-15H,3-4,7,9,18H2,1-2H3. The Hall–Kier alpha value is -0.450. The number of benzene rings is 1. The van der Waals surface area contributed by atoms with Crippen molar-refractivity contribution in [1.29, 1.82) is 0 Å². The molecular weight excluding hydrogens is 307 g/mol. The van der Waals surface area contributed by atoms with Crippen molar-refractivity contribution in [1.82, 2.24) is 4.90 Å². The number of hydrogen-bond acceptors (Lipinski definition) is 2. The molecule has 1 fully saturated rings. The molecule has 2 rings (SSSR count). The molecule has 0 aliphatic carbocycles. The molecule has 0 aromatic heterocycles. The van der Waals surface area contributed by atoms with Gasteiger partial charge in [-0.2, -0.15) is 0 Å². The van der Waals surface area contributed by atoms with E-state index in [1.165, 1.54) is 12.1 Å². The Morgan fingerprint density at radius 3 is 2.84 bits per heavy atom. The largest absolute Gasteiger partial charge is 0.326 e. The second-order valence-electron chi connectivity index (χ2n) is 5.81. The number of likely N-dealkylation sites (tertiary alicyclic amines) is 1. The predicted molar refractivity (Wildman–Crippen MR) is 80.5 cm³/mol. The second-order valence-corrected chi connectivity index (χ2v) is 6.66. The Morgan fingerprint density at radius 2 is 2.21 bits per heavy atom. The molecule has 1 aromatic carbocycles.